The highest BCUT2D eigenvalue weighted by atomic mass is 16.2. The number of pyridine rings is 1. The normalized spacial score (nSPS) is 18.2. The summed E-state index contributed by atoms with van der Waals surface area (Å²) in [5, 5.41) is 0. The number of carbonyl (C=O) groups excluding carboxylic acids is 1. The molecule has 1 aromatic carbocycles. The van der Waals surface area contributed by atoms with Gasteiger partial charge in [-0.05, 0) is 63.1 Å². The maximum Gasteiger partial charge on any atom is 0.273 e. The molecule has 1 fully saturated rings. The Morgan fingerprint density at radius 3 is 2.67 bits per heavy atom. The predicted octanol–water partition coefficient (Wildman–Crippen LogP) is 4.54. The van der Waals surface area contributed by atoms with Gasteiger partial charge in [0.15, 0.2) is 5.82 Å². The SMILES string of the molecule is Cc1nc(C2CCCCN2C(=O)c2ccccn2)nc2c1CCCN2CCc1ccccc1. The summed E-state index contributed by atoms with van der Waals surface area (Å²) in [5.74, 6) is 1.82. The van der Waals surface area contributed by atoms with Crippen LogP contribution in [0.25, 0.3) is 0 Å². The maximum absolute atomic E-state index is 13.3. The van der Waals surface area contributed by atoms with Gasteiger partial charge in [0.25, 0.3) is 5.91 Å². The minimum absolute atomic E-state index is 0.0276. The van der Waals surface area contributed by atoms with Gasteiger partial charge in [0, 0.05) is 37.1 Å². The van der Waals surface area contributed by atoms with Gasteiger partial charge < -0.3 is 9.80 Å². The van der Waals surface area contributed by atoms with Gasteiger partial charge in [0.2, 0.25) is 0 Å². The number of fused-ring (bicyclic) bond motifs is 1. The van der Waals surface area contributed by atoms with Gasteiger partial charge >= 0.3 is 0 Å². The summed E-state index contributed by atoms with van der Waals surface area (Å²) in [6.45, 7) is 4.76. The molecule has 2 aliphatic heterocycles. The number of nitrogens with zero attached hydrogens (tertiary/aromatic N) is 5. The van der Waals surface area contributed by atoms with Crippen LogP contribution < -0.4 is 4.90 Å². The van der Waals surface area contributed by atoms with E-state index in [1.165, 1.54) is 11.1 Å². The van der Waals surface area contributed by atoms with Crippen LogP contribution >= 0.6 is 0 Å². The van der Waals surface area contributed by atoms with Gasteiger partial charge in [0.05, 0.1) is 6.04 Å². The van der Waals surface area contributed by atoms with Crippen LogP contribution in [0, 0.1) is 6.92 Å². The quantitative estimate of drug-likeness (QED) is 0.582. The summed E-state index contributed by atoms with van der Waals surface area (Å²) in [4.78, 5) is 32.0. The van der Waals surface area contributed by atoms with Crippen LogP contribution in [0.1, 0.15) is 64.9 Å². The third-order valence-electron chi connectivity index (χ3n) is 6.82. The van der Waals surface area contributed by atoms with Crippen molar-refractivity contribution in [3.63, 3.8) is 0 Å². The topological polar surface area (TPSA) is 62.2 Å². The van der Waals surface area contributed by atoms with Crippen LogP contribution in [0.15, 0.2) is 54.7 Å². The van der Waals surface area contributed by atoms with E-state index in [0.717, 1.165) is 75.5 Å². The zero-order valence-electron chi connectivity index (χ0n) is 19.3. The fourth-order valence-electron chi connectivity index (χ4n) is 5.06. The molecule has 5 rings (SSSR count). The first-order valence-corrected chi connectivity index (χ1v) is 12.1. The molecule has 0 radical (unpaired) electrons. The molecule has 0 spiro atoms. The van der Waals surface area contributed by atoms with E-state index in [2.05, 4.69) is 47.1 Å². The molecule has 6 nitrogen and oxygen atoms in total. The van der Waals surface area contributed by atoms with Crippen molar-refractivity contribution < 1.29 is 4.79 Å². The Bertz CT molecular complexity index is 1100. The number of hydrogen-bond donors (Lipinski definition) is 0. The molecular weight excluding hydrogens is 410 g/mol. The van der Waals surface area contributed by atoms with Gasteiger partial charge in [-0.2, -0.15) is 0 Å². The Hall–Kier alpha value is -3.28. The summed E-state index contributed by atoms with van der Waals surface area (Å²) in [6, 6.07) is 16.0. The molecule has 3 aromatic rings. The molecule has 1 atom stereocenters. The molecule has 6 heteroatoms. The molecule has 1 saturated heterocycles. The van der Waals surface area contributed by atoms with Crippen LogP contribution in [0.3, 0.4) is 0 Å². The largest absolute Gasteiger partial charge is 0.356 e. The molecule has 1 amide bonds. The first-order chi connectivity index (χ1) is 16.2. The fourth-order valence-corrected chi connectivity index (χ4v) is 5.06. The molecule has 0 aliphatic carbocycles. The number of piperidine rings is 1. The zero-order valence-corrected chi connectivity index (χ0v) is 19.3. The van der Waals surface area contributed by atoms with Crippen LogP contribution in [-0.2, 0) is 12.8 Å². The Kier molecular flexibility index (Phi) is 6.33. The lowest BCUT2D eigenvalue weighted by molar-refractivity contribution is 0.0593. The smallest absolute Gasteiger partial charge is 0.273 e. The van der Waals surface area contributed by atoms with Crippen molar-refractivity contribution in [3.8, 4) is 0 Å². The lowest BCUT2D eigenvalue weighted by Crippen LogP contribution is -2.40. The molecule has 0 bridgehead atoms. The number of aromatic nitrogens is 3. The molecule has 0 N–H and O–H groups in total. The van der Waals surface area contributed by atoms with Gasteiger partial charge in [0.1, 0.15) is 11.5 Å². The number of rotatable bonds is 5. The minimum Gasteiger partial charge on any atom is -0.356 e. The fraction of sp³-hybridized carbons (Fsp3) is 0.407. The zero-order chi connectivity index (χ0) is 22.6. The van der Waals surface area contributed by atoms with Crippen molar-refractivity contribution in [1.82, 2.24) is 19.9 Å². The van der Waals surface area contributed by atoms with Crippen molar-refractivity contribution in [1.29, 1.82) is 0 Å². The van der Waals surface area contributed by atoms with E-state index in [9.17, 15) is 4.79 Å². The lowest BCUT2D eigenvalue weighted by Gasteiger charge is -2.36. The first-order valence-electron chi connectivity index (χ1n) is 12.1. The summed E-state index contributed by atoms with van der Waals surface area (Å²) in [6.07, 6.45) is 7.78. The van der Waals surface area contributed by atoms with Crippen molar-refractivity contribution in [3.05, 3.63) is 83.1 Å². The second kappa shape index (κ2) is 9.69. The number of hydrogen-bond acceptors (Lipinski definition) is 5. The maximum atomic E-state index is 13.3. The van der Waals surface area contributed by atoms with Gasteiger partial charge in [-0.15, -0.1) is 0 Å². The predicted molar refractivity (Wildman–Crippen MR) is 129 cm³/mol. The van der Waals surface area contributed by atoms with E-state index < -0.39 is 0 Å². The van der Waals surface area contributed by atoms with Crippen LogP contribution in [0.4, 0.5) is 5.82 Å². The molecule has 2 aliphatic rings. The van der Waals surface area contributed by atoms with Crippen LogP contribution in [0.2, 0.25) is 0 Å². The van der Waals surface area contributed by atoms with Crippen molar-refractivity contribution >= 4 is 11.7 Å². The Labute approximate surface area is 195 Å². The molecule has 0 saturated carbocycles. The number of aryl methyl sites for hydroxylation is 1. The highest BCUT2D eigenvalue weighted by Gasteiger charge is 2.33. The average molecular weight is 442 g/mol. The van der Waals surface area contributed by atoms with Gasteiger partial charge in [-0.1, -0.05) is 36.4 Å². The first kappa shape index (κ1) is 21.6. The van der Waals surface area contributed by atoms with E-state index in [4.69, 9.17) is 9.97 Å². The summed E-state index contributed by atoms with van der Waals surface area (Å²) in [7, 11) is 0. The molecule has 2 aromatic heterocycles. The number of amides is 1. The Morgan fingerprint density at radius 2 is 1.85 bits per heavy atom. The third kappa shape index (κ3) is 4.61. The Morgan fingerprint density at radius 1 is 1.00 bits per heavy atom. The Balaban J connectivity index is 1.43. The standard InChI is InChI=1S/C27H31N5O/c1-20-22-12-9-17-31(19-15-21-10-3-2-4-11-21)26(22)30-25(29-20)24-14-6-8-18-32(24)27(33)23-13-5-7-16-28-23/h2-5,7,10-11,13,16,24H,6,8-9,12,14-15,17-19H2,1H3. The van der Waals surface area contributed by atoms with E-state index in [-0.39, 0.29) is 11.9 Å². The van der Waals surface area contributed by atoms with E-state index in [0.29, 0.717) is 5.69 Å². The summed E-state index contributed by atoms with van der Waals surface area (Å²) in [5.41, 5.74) is 4.14. The lowest BCUT2D eigenvalue weighted by atomic mass is 9.99. The highest BCUT2D eigenvalue weighted by Crippen LogP contribution is 2.34. The van der Waals surface area contributed by atoms with Crippen LogP contribution in [0.5, 0.6) is 0 Å². The van der Waals surface area contributed by atoms with Crippen molar-refractivity contribution in [2.24, 2.45) is 0 Å². The molecule has 33 heavy (non-hydrogen) atoms. The van der Waals surface area contributed by atoms with Crippen LogP contribution in [-0.4, -0.2) is 45.4 Å². The second-order valence-corrected chi connectivity index (χ2v) is 9.02. The minimum atomic E-state index is -0.102. The third-order valence-corrected chi connectivity index (χ3v) is 6.82. The molecular formula is C27H31N5O. The van der Waals surface area contributed by atoms with E-state index in [1.54, 1.807) is 12.3 Å². The molecule has 1 unspecified atom stereocenters. The van der Waals surface area contributed by atoms with Crippen molar-refractivity contribution in [2.45, 2.75) is 51.5 Å². The second-order valence-electron chi connectivity index (χ2n) is 9.02. The molecule has 4 heterocycles. The van der Waals surface area contributed by atoms with Gasteiger partial charge in [-0.25, -0.2) is 9.97 Å². The summed E-state index contributed by atoms with van der Waals surface area (Å²) < 4.78 is 0. The van der Waals surface area contributed by atoms with Crippen molar-refractivity contribution in [2.75, 3.05) is 24.5 Å². The number of carbonyl (C=O) groups is 1. The monoisotopic (exact) mass is 441 g/mol. The summed E-state index contributed by atoms with van der Waals surface area (Å²) >= 11 is 0. The number of benzene rings is 1. The average Bonchev–Trinajstić information content (AvgIpc) is 2.88. The van der Waals surface area contributed by atoms with Gasteiger partial charge in [-0.3, -0.25) is 9.78 Å². The van der Waals surface area contributed by atoms with E-state index in [1.807, 2.05) is 17.0 Å². The van der Waals surface area contributed by atoms with E-state index >= 15 is 0 Å². The molecule has 170 valence electrons. The number of likely N-dealkylation sites (tertiary alicyclic amines) is 1. The number of anilines is 1. The highest BCUT2D eigenvalue weighted by molar-refractivity contribution is 5.92.